The number of aryl methyl sites for hydroxylation is 2. The summed E-state index contributed by atoms with van der Waals surface area (Å²) in [6.07, 6.45) is 5.76. The second-order valence-corrected chi connectivity index (χ2v) is 8.04. The third-order valence-corrected chi connectivity index (χ3v) is 5.85. The van der Waals surface area contributed by atoms with Crippen molar-refractivity contribution in [2.45, 2.75) is 58.1 Å². The molecule has 166 valence electrons. The van der Waals surface area contributed by atoms with Gasteiger partial charge in [0.05, 0.1) is 6.61 Å². The lowest BCUT2D eigenvalue weighted by Gasteiger charge is -2.31. The number of amides is 2. The van der Waals surface area contributed by atoms with Crippen LogP contribution in [-0.4, -0.2) is 47.8 Å². The minimum Gasteiger partial charge on any atom is -0.486 e. The number of carbonyl (C=O) groups excluding carboxylic acids is 2. The molecule has 0 atom stereocenters. The molecule has 2 aliphatic rings. The predicted octanol–water partition coefficient (Wildman–Crippen LogP) is 3.48. The van der Waals surface area contributed by atoms with Crippen molar-refractivity contribution in [3.05, 3.63) is 46.8 Å². The van der Waals surface area contributed by atoms with Crippen LogP contribution in [0.4, 0.5) is 4.79 Å². The SMILES string of the molecule is CCOC(=O)N1CCC(NC(=O)c2cc(COc3ccc4c(c3)CCCC4)on2)CC1. The van der Waals surface area contributed by atoms with E-state index in [4.69, 9.17) is 14.0 Å². The molecule has 0 spiro atoms. The summed E-state index contributed by atoms with van der Waals surface area (Å²) in [4.78, 5) is 25.9. The van der Waals surface area contributed by atoms with Gasteiger partial charge in [0.2, 0.25) is 0 Å². The van der Waals surface area contributed by atoms with Gasteiger partial charge < -0.3 is 24.2 Å². The summed E-state index contributed by atoms with van der Waals surface area (Å²) in [5.74, 6) is 1.02. The van der Waals surface area contributed by atoms with E-state index in [2.05, 4.69) is 22.6 Å². The first-order chi connectivity index (χ1) is 15.1. The maximum absolute atomic E-state index is 12.5. The normalized spacial score (nSPS) is 16.5. The molecular weight excluding hydrogens is 398 g/mol. The molecule has 1 aromatic carbocycles. The third kappa shape index (κ3) is 5.37. The van der Waals surface area contributed by atoms with E-state index in [1.54, 1.807) is 17.9 Å². The Bertz CT molecular complexity index is 918. The average Bonchev–Trinajstić information content (AvgIpc) is 3.27. The van der Waals surface area contributed by atoms with Gasteiger partial charge in [-0.05, 0) is 68.7 Å². The van der Waals surface area contributed by atoms with E-state index >= 15 is 0 Å². The quantitative estimate of drug-likeness (QED) is 0.759. The molecule has 1 aliphatic heterocycles. The van der Waals surface area contributed by atoms with Crippen molar-refractivity contribution in [1.82, 2.24) is 15.4 Å². The van der Waals surface area contributed by atoms with Crippen molar-refractivity contribution < 1.29 is 23.6 Å². The Morgan fingerprint density at radius 1 is 1.16 bits per heavy atom. The summed E-state index contributed by atoms with van der Waals surface area (Å²) >= 11 is 0. The van der Waals surface area contributed by atoms with Gasteiger partial charge in [-0.15, -0.1) is 0 Å². The number of rotatable bonds is 6. The fourth-order valence-corrected chi connectivity index (χ4v) is 4.12. The Kier molecular flexibility index (Phi) is 6.74. The molecule has 4 rings (SSSR count). The number of nitrogens with zero attached hydrogens (tertiary/aromatic N) is 2. The zero-order valence-corrected chi connectivity index (χ0v) is 17.9. The number of ether oxygens (including phenoxy) is 2. The van der Waals surface area contributed by atoms with E-state index in [0.717, 1.165) is 18.6 Å². The van der Waals surface area contributed by atoms with Crippen LogP contribution >= 0.6 is 0 Å². The molecule has 0 unspecified atom stereocenters. The number of aromatic nitrogens is 1. The van der Waals surface area contributed by atoms with E-state index in [0.29, 0.717) is 38.3 Å². The topological polar surface area (TPSA) is 93.9 Å². The van der Waals surface area contributed by atoms with Crippen LogP contribution in [0, 0.1) is 0 Å². The van der Waals surface area contributed by atoms with Crippen molar-refractivity contribution in [3.63, 3.8) is 0 Å². The molecule has 0 bridgehead atoms. The van der Waals surface area contributed by atoms with Gasteiger partial charge in [0.15, 0.2) is 11.5 Å². The Morgan fingerprint density at radius 2 is 1.94 bits per heavy atom. The molecule has 2 heterocycles. The zero-order chi connectivity index (χ0) is 21.6. The summed E-state index contributed by atoms with van der Waals surface area (Å²) in [5.41, 5.74) is 3.00. The fourth-order valence-electron chi connectivity index (χ4n) is 4.12. The number of carbonyl (C=O) groups is 2. The second-order valence-electron chi connectivity index (χ2n) is 8.04. The smallest absolute Gasteiger partial charge is 0.409 e. The molecule has 2 aromatic rings. The van der Waals surface area contributed by atoms with Crippen molar-refractivity contribution in [2.75, 3.05) is 19.7 Å². The highest BCUT2D eigenvalue weighted by Crippen LogP contribution is 2.26. The monoisotopic (exact) mass is 427 g/mol. The van der Waals surface area contributed by atoms with E-state index in [9.17, 15) is 9.59 Å². The van der Waals surface area contributed by atoms with Crippen LogP contribution in [0.5, 0.6) is 5.75 Å². The minimum absolute atomic E-state index is 0.00919. The van der Waals surface area contributed by atoms with Gasteiger partial charge in [-0.3, -0.25) is 4.79 Å². The summed E-state index contributed by atoms with van der Waals surface area (Å²) < 4.78 is 16.1. The highest BCUT2D eigenvalue weighted by Gasteiger charge is 2.25. The molecule has 0 saturated carbocycles. The van der Waals surface area contributed by atoms with Gasteiger partial charge in [-0.25, -0.2) is 4.79 Å². The Balaban J connectivity index is 1.25. The standard InChI is InChI=1S/C23H29N3O5/c1-2-29-23(28)26-11-9-18(10-12-26)24-22(27)21-14-20(31-25-21)15-30-19-8-7-16-5-3-4-6-17(16)13-19/h7-8,13-14,18H,2-6,9-12,15H2,1H3,(H,24,27). The molecule has 1 saturated heterocycles. The van der Waals surface area contributed by atoms with Crippen LogP contribution in [0.3, 0.4) is 0 Å². The van der Waals surface area contributed by atoms with Crippen molar-refractivity contribution >= 4 is 12.0 Å². The first kappa shape index (κ1) is 21.2. The molecule has 1 N–H and O–H groups in total. The van der Waals surface area contributed by atoms with Crippen LogP contribution in [-0.2, 0) is 24.2 Å². The number of hydrogen-bond acceptors (Lipinski definition) is 6. The lowest BCUT2D eigenvalue weighted by molar-refractivity contribution is 0.0854. The number of fused-ring (bicyclic) bond motifs is 1. The second kappa shape index (κ2) is 9.85. The number of likely N-dealkylation sites (tertiary alicyclic amines) is 1. The van der Waals surface area contributed by atoms with Gasteiger partial charge in [0.25, 0.3) is 5.91 Å². The summed E-state index contributed by atoms with van der Waals surface area (Å²) in [5, 5.41) is 6.85. The first-order valence-corrected chi connectivity index (χ1v) is 11.0. The number of benzene rings is 1. The van der Waals surface area contributed by atoms with Crippen LogP contribution < -0.4 is 10.1 Å². The highest BCUT2D eigenvalue weighted by atomic mass is 16.6. The van der Waals surface area contributed by atoms with Crippen LogP contribution in [0.15, 0.2) is 28.8 Å². The average molecular weight is 428 g/mol. The van der Waals surface area contributed by atoms with E-state index in [1.807, 2.05) is 6.07 Å². The van der Waals surface area contributed by atoms with E-state index < -0.39 is 0 Å². The van der Waals surface area contributed by atoms with Gasteiger partial charge >= 0.3 is 6.09 Å². The third-order valence-electron chi connectivity index (χ3n) is 5.85. The fraction of sp³-hybridized carbons (Fsp3) is 0.522. The van der Waals surface area contributed by atoms with E-state index in [1.165, 1.54) is 24.0 Å². The number of hydrogen-bond donors (Lipinski definition) is 1. The van der Waals surface area contributed by atoms with Crippen molar-refractivity contribution in [3.8, 4) is 5.75 Å². The Hall–Kier alpha value is -3.03. The number of piperidine rings is 1. The van der Waals surface area contributed by atoms with E-state index in [-0.39, 0.29) is 30.3 Å². The summed E-state index contributed by atoms with van der Waals surface area (Å²) in [7, 11) is 0. The predicted molar refractivity (Wildman–Crippen MR) is 113 cm³/mol. The molecule has 1 fully saturated rings. The molecular formula is C23H29N3O5. The maximum atomic E-state index is 12.5. The van der Waals surface area contributed by atoms with Gasteiger partial charge in [0, 0.05) is 25.2 Å². The lowest BCUT2D eigenvalue weighted by atomic mass is 9.92. The first-order valence-electron chi connectivity index (χ1n) is 11.0. The van der Waals surface area contributed by atoms with Crippen molar-refractivity contribution in [1.29, 1.82) is 0 Å². The molecule has 1 aromatic heterocycles. The summed E-state index contributed by atoms with van der Waals surface area (Å²) in [6, 6.07) is 7.82. The highest BCUT2D eigenvalue weighted by molar-refractivity contribution is 5.92. The van der Waals surface area contributed by atoms with Crippen LogP contribution in [0.25, 0.3) is 0 Å². The zero-order valence-electron chi connectivity index (χ0n) is 17.9. The lowest BCUT2D eigenvalue weighted by Crippen LogP contribution is -2.46. The molecule has 8 nitrogen and oxygen atoms in total. The largest absolute Gasteiger partial charge is 0.486 e. The Labute approximate surface area is 181 Å². The minimum atomic E-state index is -0.299. The van der Waals surface area contributed by atoms with Gasteiger partial charge in [-0.1, -0.05) is 11.2 Å². The Morgan fingerprint density at radius 3 is 2.71 bits per heavy atom. The van der Waals surface area contributed by atoms with Gasteiger partial charge in [0.1, 0.15) is 12.4 Å². The molecule has 1 aliphatic carbocycles. The van der Waals surface area contributed by atoms with Crippen LogP contribution in [0.1, 0.15) is 60.0 Å². The van der Waals surface area contributed by atoms with Crippen LogP contribution in [0.2, 0.25) is 0 Å². The molecule has 2 amide bonds. The summed E-state index contributed by atoms with van der Waals surface area (Å²) in [6.45, 7) is 3.48. The number of nitrogens with one attached hydrogen (secondary N) is 1. The van der Waals surface area contributed by atoms with Gasteiger partial charge in [-0.2, -0.15) is 0 Å². The molecule has 0 radical (unpaired) electrons. The van der Waals surface area contributed by atoms with Crippen molar-refractivity contribution in [2.24, 2.45) is 0 Å². The molecule has 8 heteroatoms. The molecule has 31 heavy (non-hydrogen) atoms. The maximum Gasteiger partial charge on any atom is 0.409 e.